The first-order chi connectivity index (χ1) is 11.8. The number of furan rings is 1. The van der Waals surface area contributed by atoms with Crippen LogP contribution in [-0.4, -0.2) is 43.7 Å². The Labute approximate surface area is 146 Å². The molecule has 24 heavy (non-hydrogen) atoms. The third-order valence-corrected chi connectivity index (χ3v) is 6.76. The lowest BCUT2D eigenvalue weighted by molar-refractivity contribution is 0.111. The summed E-state index contributed by atoms with van der Waals surface area (Å²) < 4.78 is 5.75. The van der Waals surface area contributed by atoms with Crippen LogP contribution in [0.25, 0.3) is 0 Å². The number of piperidine rings is 1. The standard InChI is InChI=1S/C20H33N3O/c1-2-14-23(13-1)18(19-4-3-15-24-19)16-22-17-5-7-20(8-6-17)9-11-21-12-10-20/h3-4,15,17-18,21-22H,1-2,5-14,16H2. The molecule has 2 N–H and O–H groups in total. The molecular formula is C20H33N3O. The average Bonchev–Trinajstić information content (AvgIpc) is 3.32. The zero-order valence-corrected chi connectivity index (χ0v) is 14.9. The summed E-state index contributed by atoms with van der Waals surface area (Å²) in [6, 6.07) is 5.29. The highest BCUT2D eigenvalue weighted by atomic mass is 16.3. The number of hydrogen-bond donors (Lipinski definition) is 2. The molecule has 0 aromatic carbocycles. The molecule has 3 aliphatic rings. The molecule has 1 aliphatic carbocycles. The molecule has 1 spiro atoms. The minimum Gasteiger partial charge on any atom is -0.468 e. The molecule has 0 radical (unpaired) electrons. The molecular weight excluding hydrogens is 298 g/mol. The summed E-state index contributed by atoms with van der Waals surface area (Å²) in [5.41, 5.74) is 0.665. The molecule has 134 valence electrons. The van der Waals surface area contributed by atoms with E-state index in [9.17, 15) is 0 Å². The molecule has 1 saturated carbocycles. The van der Waals surface area contributed by atoms with Gasteiger partial charge in [-0.15, -0.1) is 0 Å². The predicted molar refractivity (Wildman–Crippen MR) is 97.1 cm³/mol. The molecule has 3 heterocycles. The highest BCUT2D eigenvalue weighted by molar-refractivity contribution is 5.06. The van der Waals surface area contributed by atoms with E-state index in [2.05, 4.69) is 21.6 Å². The second-order valence-corrected chi connectivity index (χ2v) is 8.21. The first kappa shape index (κ1) is 16.6. The largest absolute Gasteiger partial charge is 0.468 e. The van der Waals surface area contributed by atoms with Crippen LogP contribution < -0.4 is 10.6 Å². The van der Waals surface area contributed by atoms with Crippen molar-refractivity contribution in [1.82, 2.24) is 15.5 Å². The van der Waals surface area contributed by atoms with Gasteiger partial charge in [-0.1, -0.05) is 0 Å². The third-order valence-electron chi connectivity index (χ3n) is 6.76. The van der Waals surface area contributed by atoms with Crippen molar-refractivity contribution in [3.05, 3.63) is 24.2 Å². The van der Waals surface area contributed by atoms with Crippen LogP contribution >= 0.6 is 0 Å². The van der Waals surface area contributed by atoms with E-state index in [0.717, 1.165) is 12.3 Å². The summed E-state index contributed by atoms with van der Waals surface area (Å²) in [6.07, 6.45) is 12.8. The molecule has 1 aromatic heterocycles. The number of rotatable bonds is 5. The summed E-state index contributed by atoms with van der Waals surface area (Å²) in [7, 11) is 0. The fraction of sp³-hybridized carbons (Fsp3) is 0.800. The molecule has 0 bridgehead atoms. The summed E-state index contributed by atoms with van der Waals surface area (Å²) in [4.78, 5) is 2.60. The summed E-state index contributed by atoms with van der Waals surface area (Å²) in [6.45, 7) is 5.93. The smallest absolute Gasteiger partial charge is 0.122 e. The van der Waals surface area contributed by atoms with Gasteiger partial charge >= 0.3 is 0 Å². The Morgan fingerprint density at radius 1 is 1.17 bits per heavy atom. The van der Waals surface area contributed by atoms with E-state index in [1.54, 1.807) is 0 Å². The Kier molecular flexibility index (Phi) is 5.25. The molecule has 1 unspecified atom stereocenters. The summed E-state index contributed by atoms with van der Waals surface area (Å²) in [5, 5.41) is 7.41. The van der Waals surface area contributed by atoms with Crippen molar-refractivity contribution >= 4 is 0 Å². The maximum atomic E-state index is 5.75. The van der Waals surface area contributed by atoms with Gasteiger partial charge < -0.3 is 15.1 Å². The van der Waals surface area contributed by atoms with Crippen LogP contribution in [0.2, 0.25) is 0 Å². The molecule has 2 saturated heterocycles. The van der Waals surface area contributed by atoms with Crippen molar-refractivity contribution in [2.75, 3.05) is 32.7 Å². The van der Waals surface area contributed by atoms with E-state index >= 15 is 0 Å². The maximum absolute atomic E-state index is 5.75. The van der Waals surface area contributed by atoms with Crippen molar-refractivity contribution < 1.29 is 4.42 Å². The summed E-state index contributed by atoms with van der Waals surface area (Å²) >= 11 is 0. The van der Waals surface area contributed by atoms with Gasteiger partial charge in [-0.2, -0.15) is 0 Å². The van der Waals surface area contributed by atoms with Crippen LogP contribution in [0.1, 0.15) is 63.2 Å². The zero-order chi connectivity index (χ0) is 16.2. The lowest BCUT2D eigenvalue weighted by atomic mass is 9.67. The normalized spacial score (nSPS) is 26.8. The van der Waals surface area contributed by atoms with Crippen LogP contribution in [0, 0.1) is 5.41 Å². The fourth-order valence-electron chi connectivity index (χ4n) is 5.11. The van der Waals surface area contributed by atoms with Gasteiger partial charge in [-0.05, 0) is 95.1 Å². The van der Waals surface area contributed by atoms with Gasteiger partial charge in [0.15, 0.2) is 0 Å². The van der Waals surface area contributed by atoms with Gasteiger partial charge in [0, 0.05) is 12.6 Å². The van der Waals surface area contributed by atoms with Gasteiger partial charge in [0.05, 0.1) is 12.3 Å². The van der Waals surface area contributed by atoms with Crippen LogP contribution in [0.5, 0.6) is 0 Å². The van der Waals surface area contributed by atoms with Gasteiger partial charge in [0.2, 0.25) is 0 Å². The van der Waals surface area contributed by atoms with Crippen LogP contribution in [-0.2, 0) is 0 Å². The Balaban J connectivity index is 1.30. The SMILES string of the molecule is c1coc(C(CNC2CCC3(CCNCC3)CC2)N2CCCC2)c1. The molecule has 4 nitrogen and oxygen atoms in total. The van der Waals surface area contributed by atoms with E-state index in [1.807, 2.05) is 12.3 Å². The van der Waals surface area contributed by atoms with E-state index in [-0.39, 0.29) is 0 Å². The lowest BCUT2D eigenvalue weighted by Gasteiger charge is -2.43. The zero-order valence-electron chi connectivity index (χ0n) is 14.9. The number of likely N-dealkylation sites (tertiary alicyclic amines) is 1. The molecule has 1 aromatic rings. The van der Waals surface area contributed by atoms with E-state index in [0.29, 0.717) is 17.5 Å². The Morgan fingerprint density at radius 3 is 2.58 bits per heavy atom. The minimum atomic E-state index is 0.414. The molecule has 3 fully saturated rings. The topological polar surface area (TPSA) is 40.4 Å². The lowest BCUT2D eigenvalue weighted by Crippen LogP contribution is -2.45. The second kappa shape index (κ2) is 7.59. The van der Waals surface area contributed by atoms with E-state index in [4.69, 9.17) is 4.42 Å². The van der Waals surface area contributed by atoms with Crippen LogP contribution in [0.15, 0.2) is 22.8 Å². The minimum absolute atomic E-state index is 0.414. The van der Waals surface area contributed by atoms with Gasteiger partial charge in [-0.25, -0.2) is 0 Å². The predicted octanol–water partition coefficient (Wildman–Crippen LogP) is 3.32. The third kappa shape index (κ3) is 3.71. The molecule has 4 heteroatoms. The van der Waals surface area contributed by atoms with E-state index in [1.165, 1.54) is 77.5 Å². The monoisotopic (exact) mass is 331 g/mol. The number of nitrogens with zero attached hydrogens (tertiary/aromatic N) is 1. The van der Waals surface area contributed by atoms with Gasteiger partial charge in [0.1, 0.15) is 5.76 Å². The Morgan fingerprint density at radius 2 is 1.92 bits per heavy atom. The quantitative estimate of drug-likeness (QED) is 0.868. The molecule has 4 rings (SSSR count). The highest BCUT2D eigenvalue weighted by Gasteiger charge is 2.36. The number of hydrogen-bond acceptors (Lipinski definition) is 4. The second-order valence-electron chi connectivity index (χ2n) is 8.21. The first-order valence-corrected chi connectivity index (χ1v) is 10.1. The molecule has 1 atom stereocenters. The van der Waals surface area contributed by atoms with E-state index < -0.39 is 0 Å². The van der Waals surface area contributed by atoms with Crippen LogP contribution in [0.3, 0.4) is 0 Å². The van der Waals surface area contributed by atoms with Crippen molar-refractivity contribution in [3.8, 4) is 0 Å². The maximum Gasteiger partial charge on any atom is 0.122 e. The Hall–Kier alpha value is -0.840. The van der Waals surface area contributed by atoms with Gasteiger partial charge in [0.25, 0.3) is 0 Å². The average molecular weight is 332 g/mol. The van der Waals surface area contributed by atoms with Gasteiger partial charge in [-0.3, -0.25) is 4.90 Å². The summed E-state index contributed by atoms with van der Waals surface area (Å²) in [5.74, 6) is 1.13. The highest BCUT2D eigenvalue weighted by Crippen LogP contribution is 2.43. The van der Waals surface area contributed by atoms with Crippen molar-refractivity contribution in [2.24, 2.45) is 5.41 Å². The Bertz CT molecular complexity index is 479. The fourth-order valence-corrected chi connectivity index (χ4v) is 5.11. The number of nitrogens with one attached hydrogen (secondary N) is 2. The first-order valence-electron chi connectivity index (χ1n) is 10.1. The van der Waals surface area contributed by atoms with Crippen molar-refractivity contribution in [1.29, 1.82) is 0 Å². The van der Waals surface area contributed by atoms with Crippen molar-refractivity contribution in [3.63, 3.8) is 0 Å². The molecule has 0 amide bonds. The van der Waals surface area contributed by atoms with Crippen molar-refractivity contribution in [2.45, 2.75) is 63.5 Å². The molecule has 2 aliphatic heterocycles. The van der Waals surface area contributed by atoms with Crippen LogP contribution in [0.4, 0.5) is 0 Å².